The van der Waals surface area contributed by atoms with Crippen molar-refractivity contribution in [2.75, 3.05) is 30.4 Å². The van der Waals surface area contributed by atoms with Gasteiger partial charge in [0.2, 0.25) is 11.9 Å². The van der Waals surface area contributed by atoms with Gasteiger partial charge in [-0.25, -0.2) is 5.10 Å². The van der Waals surface area contributed by atoms with E-state index in [1.54, 1.807) is 6.07 Å². The number of rotatable bonds is 5. The highest BCUT2D eigenvalue weighted by molar-refractivity contribution is 6.33. The summed E-state index contributed by atoms with van der Waals surface area (Å²) in [4.78, 5) is 19.2. The number of anilines is 2. The largest absolute Gasteiger partial charge is 0.496 e. The number of amides is 1. The molecule has 1 fully saturated rings. The van der Waals surface area contributed by atoms with Crippen LogP contribution in [0, 0.1) is 0 Å². The lowest BCUT2D eigenvalue weighted by atomic mass is 10.1. The summed E-state index contributed by atoms with van der Waals surface area (Å²) >= 11 is 6.31. The van der Waals surface area contributed by atoms with Gasteiger partial charge in [0, 0.05) is 19.2 Å². The van der Waals surface area contributed by atoms with Gasteiger partial charge in [-0.1, -0.05) is 11.6 Å². The molecular formula is C16H18ClN9O2. The molecule has 0 spiro atoms. The maximum Gasteiger partial charge on any atom is 0.261 e. The lowest BCUT2D eigenvalue weighted by Gasteiger charge is -2.24. The van der Waals surface area contributed by atoms with Crippen LogP contribution in [0.25, 0.3) is 5.69 Å². The van der Waals surface area contributed by atoms with Gasteiger partial charge in [0.1, 0.15) is 12.1 Å². The predicted molar refractivity (Wildman–Crippen MR) is 101 cm³/mol. The molecule has 1 aliphatic heterocycles. The molecule has 0 unspecified atom stereocenters. The van der Waals surface area contributed by atoms with E-state index < -0.39 is 5.91 Å². The van der Waals surface area contributed by atoms with Gasteiger partial charge in [-0.15, -0.1) is 10.2 Å². The molecule has 0 bridgehead atoms. The van der Waals surface area contributed by atoms with E-state index in [-0.39, 0.29) is 11.5 Å². The Morgan fingerprint density at radius 1 is 1.29 bits per heavy atom. The van der Waals surface area contributed by atoms with Crippen LogP contribution in [0.1, 0.15) is 29.6 Å². The number of nitrogens with one attached hydrogen (secondary N) is 2. The van der Waals surface area contributed by atoms with Crippen molar-refractivity contribution in [3.63, 3.8) is 0 Å². The van der Waals surface area contributed by atoms with E-state index in [0.717, 1.165) is 25.9 Å². The molecule has 1 saturated heterocycles. The first-order valence-electron chi connectivity index (χ1n) is 8.75. The Labute approximate surface area is 165 Å². The molecule has 2 N–H and O–H groups in total. The molecule has 12 heteroatoms. The molecule has 3 aromatic rings. The third-order valence-electron chi connectivity index (χ3n) is 4.45. The van der Waals surface area contributed by atoms with Crippen molar-refractivity contribution >= 4 is 29.4 Å². The van der Waals surface area contributed by atoms with Crippen LogP contribution in [0.5, 0.6) is 5.75 Å². The summed E-state index contributed by atoms with van der Waals surface area (Å²) < 4.78 is 6.73. The molecule has 1 aromatic carbocycles. The van der Waals surface area contributed by atoms with Crippen molar-refractivity contribution in [2.24, 2.45) is 0 Å². The van der Waals surface area contributed by atoms with Crippen molar-refractivity contribution in [3.8, 4) is 11.4 Å². The van der Waals surface area contributed by atoms with Gasteiger partial charge in [-0.2, -0.15) is 9.67 Å². The number of methoxy groups -OCH3 is 1. The predicted octanol–water partition coefficient (Wildman–Crippen LogP) is 1.68. The fourth-order valence-corrected chi connectivity index (χ4v) is 3.31. The van der Waals surface area contributed by atoms with E-state index in [1.807, 2.05) is 0 Å². The minimum Gasteiger partial charge on any atom is -0.496 e. The van der Waals surface area contributed by atoms with Crippen molar-refractivity contribution < 1.29 is 9.53 Å². The first kappa shape index (κ1) is 18.2. The molecule has 0 atom stereocenters. The fourth-order valence-electron chi connectivity index (χ4n) is 3.06. The third kappa shape index (κ3) is 3.60. The Morgan fingerprint density at radius 2 is 2.11 bits per heavy atom. The Kier molecular flexibility index (Phi) is 5.06. The second kappa shape index (κ2) is 7.80. The van der Waals surface area contributed by atoms with E-state index in [9.17, 15) is 4.79 Å². The Hall–Kier alpha value is -3.21. The average molecular weight is 404 g/mol. The molecule has 0 radical (unpaired) electrons. The van der Waals surface area contributed by atoms with Gasteiger partial charge in [0.15, 0.2) is 0 Å². The van der Waals surface area contributed by atoms with Gasteiger partial charge in [0.25, 0.3) is 5.91 Å². The van der Waals surface area contributed by atoms with Crippen molar-refractivity contribution in [3.05, 3.63) is 29.0 Å². The van der Waals surface area contributed by atoms with Gasteiger partial charge in [-0.05, 0) is 35.8 Å². The molecule has 11 nitrogen and oxygen atoms in total. The number of aromatic nitrogens is 7. The minimum absolute atomic E-state index is 0.250. The SMILES string of the molecule is COc1cc(-n2cnnn2)c(Cl)cc1C(=O)Nc1nc(N2CCCCC2)n[nH]1. The quantitative estimate of drug-likeness (QED) is 0.658. The second-order valence-corrected chi connectivity index (χ2v) is 6.65. The van der Waals surface area contributed by atoms with E-state index in [2.05, 4.69) is 40.9 Å². The number of carbonyl (C=O) groups is 1. The number of halogens is 1. The van der Waals surface area contributed by atoms with Crippen LogP contribution in [0.15, 0.2) is 18.5 Å². The van der Waals surface area contributed by atoms with Crippen LogP contribution < -0.4 is 15.0 Å². The summed E-state index contributed by atoms with van der Waals surface area (Å²) in [6.45, 7) is 1.82. The number of tetrazole rings is 1. The average Bonchev–Trinajstić information content (AvgIpc) is 3.40. The van der Waals surface area contributed by atoms with Crippen molar-refractivity contribution in [1.29, 1.82) is 0 Å². The molecule has 146 valence electrons. The molecule has 1 amide bonds. The monoisotopic (exact) mass is 403 g/mol. The molecular weight excluding hydrogens is 386 g/mol. The molecule has 1 aliphatic rings. The number of hydrogen-bond donors (Lipinski definition) is 2. The van der Waals surface area contributed by atoms with Gasteiger partial charge >= 0.3 is 0 Å². The molecule has 2 aromatic heterocycles. The van der Waals surface area contributed by atoms with Crippen LogP contribution in [-0.4, -0.2) is 61.5 Å². The summed E-state index contributed by atoms with van der Waals surface area (Å²) in [5.41, 5.74) is 0.743. The number of ether oxygens (including phenoxy) is 1. The lowest BCUT2D eigenvalue weighted by molar-refractivity contribution is 0.102. The summed E-state index contributed by atoms with van der Waals surface area (Å²) in [6, 6.07) is 3.09. The van der Waals surface area contributed by atoms with Crippen LogP contribution in [0.3, 0.4) is 0 Å². The number of hydrogen-bond acceptors (Lipinski definition) is 8. The topological polar surface area (TPSA) is 127 Å². The Bertz CT molecular complexity index is 967. The normalized spacial score (nSPS) is 14.1. The van der Waals surface area contributed by atoms with E-state index in [4.69, 9.17) is 16.3 Å². The van der Waals surface area contributed by atoms with Crippen LogP contribution in [-0.2, 0) is 0 Å². The number of aromatic amines is 1. The number of nitrogens with zero attached hydrogens (tertiary/aromatic N) is 7. The van der Waals surface area contributed by atoms with E-state index in [0.29, 0.717) is 22.4 Å². The highest BCUT2D eigenvalue weighted by atomic mass is 35.5. The van der Waals surface area contributed by atoms with Gasteiger partial charge in [-0.3, -0.25) is 10.1 Å². The fraction of sp³-hybridized carbons (Fsp3) is 0.375. The zero-order valence-corrected chi connectivity index (χ0v) is 15.8. The minimum atomic E-state index is -0.427. The summed E-state index contributed by atoms with van der Waals surface area (Å²) in [5, 5.41) is 20.9. The number of carbonyl (C=O) groups excluding carboxylic acids is 1. The maximum atomic E-state index is 12.7. The van der Waals surface area contributed by atoms with Crippen LogP contribution in [0.2, 0.25) is 5.02 Å². The summed E-state index contributed by atoms with van der Waals surface area (Å²) in [7, 11) is 1.46. The van der Waals surface area contributed by atoms with E-state index in [1.165, 1.54) is 30.6 Å². The molecule has 4 rings (SSSR count). The molecule has 3 heterocycles. The first-order chi connectivity index (χ1) is 13.7. The van der Waals surface area contributed by atoms with Gasteiger partial charge in [0.05, 0.1) is 23.4 Å². The van der Waals surface area contributed by atoms with Crippen LogP contribution in [0.4, 0.5) is 11.9 Å². The smallest absolute Gasteiger partial charge is 0.261 e. The highest BCUT2D eigenvalue weighted by Gasteiger charge is 2.20. The zero-order valence-electron chi connectivity index (χ0n) is 15.1. The van der Waals surface area contributed by atoms with Crippen molar-refractivity contribution in [1.82, 2.24) is 35.4 Å². The van der Waals surface area contributed by atoms with Crippen LogP contribution >= 0.6 is 11.6 Å². The second-order valence-electron chi connectivity index (χ2n) is 6.24. The lowest BCUT2D eigenvalue weighted by Crippen LogP contribution is -2.30. The Morgan fingerprint density at radius 3 is 2.82 bits per heavy atom. The standard InChI is InChI=1S/C16H18ClN9O2/c1-28-13-8-12(26-9-18-23-24-26)11(17)7-10(13)14(27)19-15-20-16(22-21-15)25-5-3-2-4-6-25/h7-9H,2-6H2,1H3,(H2,19,20,21,22,27). The van der Waals surface area contributed by atoms with Crippen molar-refractivity contribution in [2.45, 2.75) is 19.3 Å². The zero-order chi connectivity index (χ0) is 19.5. The maximum absolute atomic E-state index is 12.7. The molecule has 28 heavy (non-hydrogen) atoms. The summed E-state index contributed by atoms with van der Waals surface area (Å²) in [6.07, 6.45) is 4.84. The first-order valence-corrected chi connectivity index (χ1v) is 9.13. The third-order valence-corrected chi connectivity index (χ3v) is 4.76. The molecule has 0 aliphatic carbocycles. The number of piperidine rings is 1. The number of benzene rings is 1. The summed E-state index contributed by atoms with van der Waals surface area (Å²) in [5.74, 6) is 0.730. The Balaban J connectivity index is 1.55. The van der Waals surface area contributed by atoms with Gasteiger partial charge < -0.3 is 9.64 Å². The highest BCUT2D eigenvalue weighted by Crippen LogP contribution is 2.29. The van der Waals surface area contributed by atoms with E-state index >= 15 is 0 Å². The number of H-pyrrole nitrogens is 1. The molecule has 0 saturated carbocycles.